The van der Waals surface area contributed by atoms with Gasteiger partial charge in [0.15, 0.2) is 10.8 Å². The Morgan fingerprint density at radius 1 is 1.12 bits per heavy atom. The minimum Gasteiger partial charge on any atom is -0.495 e. The van der Waals surface area contributed by atoms with Crippen molar-refractivity contribution in [3.05, 3.63) is 83.4 Å². The van der Waals surface area contributed by atoms with Crippen LogP contribution in [-0.4, -0.2) is 23.9 Å². The normalized spacial score (nSPS) is 23.1. The summed E-state index contributed by atoms with van der Waals surface area (Å²) in [4.78, 5) is 15.6. The molecule has 5 rings (SSSR count). The van der Waals surface area contributed by atoms with Gasteiger partial charge in [-0.05, 0) is 61.6 Å². The lowest BCUT2D eigenvalue weighted by molar-refractivity contribution is -0.130. The maximum atomic E-state index is 13.8. The maximum absolute atomic E-state index is 13.8. The van der Waals surface area contributed by atoms with Gasteiger partial charge in [0.1, 0.15) is 17.4 Å². The molecule has 2 bridgehead atoms. The number of hydrogen-bond donors (Lipinski definition) is 2. The number of nitrogens with one attached hydrogen (secondary N) is 2. The van der Waals surface area contributed by atoms with E-state index in [1.54, 1.807) is 31.4 Å². The monoisotopic (exact) mass is 479 g/mol. The molecule has 0 aliphatic carbocycles. The lowest BCUT2D eigenvalue weighted by Gasteiger charge is -2.56. The molecule has 1 fully saturated rings. The van der Waals surface area contributed by atoms with Crippen molar-refractivity contribution in [2.24, 2.45) is 5.92 Å². The van der Waals surface area contributed by atoms with Crippen LogP contribution in [0.15, 0.2) is 72.8 Å². The molecule has 0 radical (unpaired) electrons. The second-order valence-electron chi connectivity index (χ2n) is 8.10. The van der Waals surface area contributed by atoms with E-state index in [0.29, 0.717) is 33.0 Å². The Hall–Kier alpha value is -3.29. The first-order chi connectivity index (χ1) is 15.9. The molecule has 8 heteroatoms. The summed E-state index contributed by atoms with van der Waals surface area (Å²) in [6.07, 6.45) is 0. The van der Waals surface area contributed by atoms with Crippen LogP contribution < -0.4 is 25.0 Å². The van der Waals surface area contributed by atoms with Gasteiger partial charge < -0.3 is 20.1 Å². The van der Waals surface area contributed by atoms with Crippen LogP contribution in [0.1, 0.15) is 18.5 Å². The Morgan fingerprint density at radius 3 is 2.58 bits per heavy atom. The highest BCUT2D eigenvalue weighted by Crippen LogP contribution is 2.50. The third-order valence-corrected chi connectivity index (χ3v) is 6.68. The third-order valence-electron chi connectivity index (χ3n) is 6.13. The van der Waals surface area contributed by atoms with Crippen LogP contribution in [0.4, 0.5) is 11.4 Å². The van der Waals surface area contributed by atoms with Crippen LogP contribution in [0.25, 0.3) is 0 Å². The number of thiocarbonyl (C=S) groups is 1. The summed E-state index contributed by atoms with van der Waals surface area (Å²) >= 11 is 11.8. The number of anilines is 2. The predicted octanol–water partition coefficient (Wildman–Crippen LogP) is 5.15. The molecule has 168 valence electrons. The quantitative estimate of drug-likeness (QED) is 0.505. The van der Waals surface area contributed by atoms with Gasteiger partial charge >= 0.3 is 0 Å². The Labute approximate surface area is 202 Å². The van der Waals surface area contributed by atoms with Crippen molar-refractivity contribution in [1.82, 2.24) is 5.32 Å². The highest BCUT2D eigenvalue weighted by Gasteiger charge is 2.59. The Kier molecular flexibility index (Phi) is 5.38. The molecule has 0 spiro atoms. The molecule has 3 aromatic carbocycles. The van der Waals surface area contributed by atoms with Crippen LogP contribution >= 0.6 is 23.8 Å². The number of hydrogen-bond acceptors (Lipinski definition) is 4. The summed E-state index contributed by atoms with van der Waals surface area (Å²) in [7, 11) is 1.60. The number of amides is 1. The number of ether oxygens (including phenoxy) is 2. The molecule has 0 aromatic heterocycles. The standard InChI is InChI=1S/C25H22ClN3O3S/c1-25-21(23(30)27-16-13-11-15(26)12-14-16)22(17-7-3-5-9-19(17)32-25)28-24(33)29(25)18-8-4-6-10-20(18)31-2/h3-14,21-22H,1-2H3,(H,27,30)(H,28,33)/t21-,22+,25+/m0/s1. The predicted molar refractivity (Wildman–Crippen MR) is 133 cm³/mol. The summed E-state index contributed by atoms with van der Waals surface area (Å²) in [6, 6.07) is 21.9. The number of carbonyl (C=O) groups excluding carboxylic acids is 1. The van der Waals surface area contributed by atoms with Crippen molar-refractivity contribution in [1.29, 1.82) is 0 Å². The van der Waals surface area contributed by atoms with E-state index in [1.165, 1.54) is 0 Å². The van der Waals surface area contributed by atoms with Crippen molar-refractivity contribution in [3.8, 4) is 11.5 Å². The average molecular weight is 480 g/mol. The molecule has 1 saturated heterocycles. The number of benzene rings is 3. The number of halogens is 1. The van der Waals surface area contributed by atoms with Crippen LogP contribution in [-0.2, 0) is 4.79 Å². The molecule has 3 atom stereocenters. The molecule has 1 amide bonds. The molecule has 33 heavy (non-hydrogen) atoms. The zero-order valence-corrected chi connectivity index (χ0v) is 19.6. The molecule has 0 unspecified atom stereocenters. The number of fused-ring (bicyclic) bond motifs is 4. The summed E-state index contributed by atoms with van der Waals surface area (Å²) < 4.78 is 12.2. The first-order valence-electron chi connectivity index (χ1n) is 10.5. The topological polar surface area (TPSA) is 62.8 Å². The molecule has 0 saturated carbocycles. The van der Waals surface area contributed by atoms with E-state index in [4.69, 9.17) is 33.3 Å². The zero-order chi connectivity index (χ0) is 23.2. The largest absolute Gasteiger partial charge is 0.495 e. The highest BCUT2D eigenvalue weighted by atomic mass is 35.5. The van der Waals surface area contributed by atoms with Gasteiger partial charge in [0, 0.05) is 16.3 Å². The SMILES string of the molecule is COc1ccccc1N1C(=S)N[C@@H]2c3ccccc3O[C@]1(C)[C@@H]2C(=O)Nc1ccc(Cl)cc1. The summed E-state index contributed by atoms with van der Waals surface area (Å²) in [5.74, 6) is 0.491. The van der Waals surface area contributed by atoms with Gasteiger partial charge in [-0.25, -0.2) is 0 Å². The molecule has 2 aliphatic heterocycles. The Balaban J connectivity index is 1.63. The molecule has 2 heterocycles. The number of para-hydroxylation sites is 3. The van der Waals surface area contributed by atoms with Gasteiger partial charge in [-0.3, -0.25) is 9.69 Å². The fraction of sp³-hybridized carbons (Fsp3) is 0.200. The minimum atomic E-state index is -1.12. The zero-order valence-electron chi connectivity index (χ0n) is 18.0. The Bertz CT molecular complexity index is 1240. The van der Waals surface area contributed by atoms with E-state index in [0.717, 1.165) is 5.56 Å². The van der Waals surface area contributed by atoms with E-state index < -0.39 is 11.6 Å². The number of methoxy groups -OCH3 is 1. The molecule has 2 aliphatic rings. The van der Waals surface area contributed by atoms with Crippen molar-refractivity contribution in [2.75, 3.05) is 17.3 Å². The van der Waals surface area contributed by atoms with E-state index in [9.17, 15) is 4.79 Å². The summed E-state index contributed by atoms with van der Waals surface area (Å²) in [6.45, 7) is 1.89. The minimum absolute atomic E-state index is 0.200. The van der Waals surface area contributed by atoms with Crippen molar-refractivity contribution in [2.45, 2.75) is 18.7 Å². The smallest absolute Gasteiger partial charge is 0.236 e. The van der Waals surface area contributed by atoms with Crippen LogP contribution in [0.5, 0.6) is 11.5 Å². The molecule has 2 N–H and O–H groups in total. The highest BCUT2D eigenvalue weighted by molar-refractivity contribution is 7.80. The van der Waals surface area contributed by atoms with Gasteiger partial charge in [0.2, 0.25) is 5.91 Å². The summed E-state index contributed by atoms with van der Waals surface area (Å²) in [5.41, 5.74) is 1.12. The van der Waals surface area contributed by atoms with Crippen LogP contribution in [0.2, 0.25) is 5.02 Å². The lowest BCUT2D eigenvalue weighted by Crippen LogP contribution is -2.72. The molecular formula is C25H22ClN3O3S. The summed E-state index contributed by atoms with van der Waals surface area (Å²) in [5, 5.41) is 7.47. The fourth-order valence-corrected chi connectivity index (χ4v) is 5.19. The average Bonchev–Trinajstić information content (AvgIpc) is 2.80. The van der Waals surface area contributed by atoms with Gasteiger partial charge in [0.05, 0.1) is 18.8 Å². The van der Waals surface area contributed by atoms with E-state index in [1.807, 2.05) is 60.4 Å². The van der Waals surface area contributed by atoms with Gasteiger partial charge in [0.25, 0.3) is 0 Å². The van der Waals surface area contributed by atoms with Crippen LogP contribution in [0, 0.1) is 5.92 Å². The first kappa shape index (κ1) is 21.6. The second-order valence-corrected chi connectivity index (χ2v) is 8.93. The van der Waals surface area contributed by atoms with Crippen molar-refractivity contribution in [3.63, 3.8) is 0 Å². The van der Waals surface area contributed by atoms with E-state index >= 15 is 0 Å². The van der Waals surface area contributed by atoms with Crippen molar-refractivity contribution >= 4 is 46.2 Å². The van der Waals surface area contributed by atoms with Gasteiger partial charge in [-0.2, -0.15) is 0 Å². The van der Waals surface area contributed by atoms with Crippen molar-refractivity contribution < 1.29 is 14.3 Å². The Morgan fingerprint density at radius 2 is 1.82 bits per heavy atom. The first-order valence-corrected chi connectivity index (χ1v) is 11.3. The van der Waals surface area contributed by atoms with Crippen LogP contribution in [0.3, 0.4) is 0 Å². The molecule has 3 aromatic rings. The van der Waals surface area contributed by atoms with Gasteiger partial charge in [-0.15, -0.1) is 0 Å². The van der Waals surface area contributed by atoms with E-state index in [2.05, 4.69) is 10.6 Å². The third kappa shape index (κ3) is 3.57. The van der Waals surface area contributed by atoms with E-state index in [-0.39, 0.29) is 11.9 Å². The molecule has 6 nitrogen and oxygen atoms in total. The fourth-order valence-electron chi connectivity index (χ4n) is 4.66. The number of nitrogens with zero attached hydrogens (tertiary/aromatic N) is 1. The number of rotatable bonds is 4. The second kappa shape index (κ2) is 8.24. The lowest BCUT2D eigenvalue weighted by atomic mass is 9.78. The van der Waals surface area contributed by atoms with Gasteiger partial charge in [-0.1, -0.05) is 41.9 Å². The maximum Gasteiger partial charge on any atom is 0.236 e. The number of carbonyl (C=O) groups is 1. The molecular weight excluding hydrogens is 458 g/mol.